The number of carbonyl (C=O) groups excluding carboxylic acids is 1. The van der Waals surface area contributed by atoms with Crippen LogP contribution in [0.2, 0.25) is 0 Å². The van der Waals surface area contributed by atoms with Crippen LogP contribution in [0.15, 0.2) is 48.5 Å². The van der Waals surface area contributed by atoms with Gasteiger partial charge in [0.2, 0.25) is 0 Å². The highest BCUT2D eigenvalue weighted by Crippen LogP contribution is 2.26. The molecule has 0 heterocycles. The second kappa shape index (κ2) is 6.35. The molecule has 0 aliphatic carbocycles. The van der Waals surface area contributed by atoms with Crippen LogP contribution in [0.5, 0.6) is 0 Å². The lowest BCUT2D eigenvalue weighted by Gasteiger charge is -2.13. The molecule has 0 amide bonds. The van der Waals surface area contributed by atoms with Crippen molar-refractivity contribution in [2.45, 2.75) is 19.4 Å². The number of benzene rings is 2. The van der Waals surface area contributed by atoms with E-state index >= 15 is 0 Å². The highest BCUT2D eigenvalue weighted by molar-refractivity contribution is 5.71. The number of hydrogen-bond acceptors (Lipinski definition) is 3. The monoisotopic (exact) mass is 269 g/mol. The number of hydrogen-bond donors (Lipinski definition) is 1. The second-order valence-corrected chi connectivity index (χ2v) is 4.83. The van der Waals surface area contributed by atoms with Crippen LogP contribution in [0.4, 0.5) is 0 Å². The van der Waals surface area contributed by atoms with Gasteiger partial charge in [0.1, 0.15) is 0 Å². The topological polar surface area (TPSA) is 52.3 Å². The summed E-state index contributed by atoms with van der Waals surface area (Å²) in [4.78, 5) is 11.3. The van der Waals surface area contributed by atoms with Crippen LogP contribution in [-0.2, 0) is 9.53 Å². The molecule has 0 saturated heterocycles. The summed E-state index contributed by atoms with van der Waals surface area (Å²) in [7, 11) is 1.37. The summed E-state index contributed by atoms with van der Waals surface area (Å²) in [5, 5.41) is 0. The van der Waals surface area contributed by atoms with Gasteiger partial charge >= 0.3 is 5.97 Å². The minimum atomic E-state index is -0.341. The first-order valence-corrected chi connectivity index (χ1v) is 6.60. The van der Waals surface area contributed by atoms with Gasteiger partial charge in [0.25, 0.3) is 0 Å². The summed E-state index contributed by atoms with van der Waals surface area (Å²) < 4.78 is 4.66. The quantitative estimate of drug-likeness (QED) is 0.867. The molecule has 0 spiro atoms. The lowest BCUT2D eigenvalue weighted by Crippen LogP contribution is -2.16. The number of methoxy groups -OCH3 is 1. The van der Waals surface area contributed by atoms with Gasteiger partial charge in [0.15, 0.2) is 0 Å². The third kappa shape index (κ3) is 3.25. The van der Waals surface area contributed by atoms with E-state index in [1.165, 1.54) is 18.2 Å². The van der Waals surface area contributed by atoms with E-state index in [0.717, 1.165) is 11.1 Å². The Morgan fingerprint density at radius 2 is 1.95 bits per heavy atom. The molecular formula is C17H19NO2. The van der Waals surface area contributed by atoms with Crippen LogP contribution >= 0.6 is 0 Å². The Morgan fingerprint density at radius 3 is 2.65 bits per heavy atom. The van der Waals surface area contributed by atoms with Crippen molar-refractivity contribution in [2.75, 3.05) is 7.11 Å². The molecule has 2 N–H and O–H groups in total. The Bertz CT molecular complexity index is 607. The van der Waals surface area contributed by atoms with Gasteiger partial charge in [0, 0.05) is 6.04 Å². The molecule has 2 rings (SSSR count). The highest BCUT2D eigenvalue weighted by Gasteiger charge is 2.12. The maximum absolute atomic E-state index is 11.3. The first-order valence-electron chi connectivity index (χ1n) is 6.60. The molecule has 2 aromatic carbocycles. The zero-order chi connectivity index (χ0) is 14.5. The molecule has 104 valence electrons. The molecule has 1 atom stereocenters. The van der Waals surface area contributed by atoms with Crippen LogP contribution in [0, 0.1) is 6.92 Å². The first-order chi connectivity index (χ1) is 9.61. The molecule has 0 aliphatic heterocycles. The lowest BCUT2D eigenvalue weighted by atomic mass is 9.96. The Hall–Kier alpha value is -2.13. The molecule has 3 nitrogen and oxygen atoms in total. The minimum Gasteiger partial charge on any atom is -0.469 e. The Balaban J connectivity index is 2.29. The fourth-order valence-electron chi connectivity index (χ4n) is 2.21. The van der Waals surface area contributed by atoms with Gasteiger partial charge in [-0.05, 0) is 35.2 Å². The van der Waals surface area contributed by atoms with Gasteiger partial charge in [-0.25, -0.2) is 0 Å². The van der Waals surface area contributed by atoms with Gasteiger partial charge in [-0.1, -0.05) is 42.5 Å². The predicted octanol–water partition coefficient (Wildman–Crippen LogP) is 3.22. The summed E-state index contributed by atoms with van der Waals surface area (Å²) in [5.41, 5.74) is 10.5. The van der Waals surface area contributed by atoms with Crippen molar-refractivity contribution in [1.82, 2.24) is 0 Å². The van der Waals surface area contributed by atoms with Gasteiger partial charge in [-0.15, -0.1) is 0 Å². The van der Waals surface area contributed by atoms with Crippen LogP contribution in [-0.4, -0.2) is 13.1 Å². The molecule has 0 aromatic heterocycles. The Kier molecular flexibility index (Phi) is 4.53. The van der Waals surface area contributed by atoms with E-state index < -0.39 is 0 Å². The van der Waals surface area contributed by atoms with E-state index in [1.54, 1.807) is 0 Å². The fourth-order valence-corrected chi connectivity index (χ4v) is 2.21. The Morgan fingerprint density at radius 1 is 1.20 bits per heavy atom. The number of rotatable bonds is 4. The molecule has 0 unspecified atom stereocenters. The molecule has 0 saturated carbocycles. The summed E-state index contributed by atoms with van der Waals surface area (Å²) in [6.07, 6.45) is 0.188. The SMILES string of the molecule is COC(=O)C[C@H](N)c1cccc(-c2ccccc2C)c1. The van der Waals surface area contributed by atoms with Crippen molar-refractivity contribution in [3.05, 3.63) is 59.7 Å². The van der Waals surface area contributed by atoms with E-state index in [-0.39, 0.29) is 18.4 Å². The second-order valence-electron chi connectivity index (χ2n) is 4.83. The van der Waals surface area contributed by atoms with E-state index in [1.807, 2.05) is 30.3 Å². The maximum Gasteiger partial charge on any atom is 0.307 e. The van der Waals surface area contributed by atoms with E-state index in [2.05, 4.69) is 29.9 Å². The van der Waals surface area contributed by atoms with Crippen LogP contribution in [0.1, 0.15) is 23.6 Å². The number of aryl methyl sites for hydroxylation is 1. The van der Waals surface area contributed by atoms with E-state index in [9.17, 15) is 4.79 Å². The number of esters is 1. The average Bonchev–Trinajstić information content (AvgIpc) is 2.47. The molecular weight excluding hydrogens is 250 g/mol. The lowest BCUT2D eigenvalue weighted by molar-refractivity contribution is -0.141. The van der Waals surface area contributed by atoms with Crippen LogP contribution in [0.25, 0.3) is 11.1 Å². The summed E-state index contributed by atoms with van der Waals surface area (Å²) in [5.74, 6) is -0.293. The van der Waals surface area contributed by atoms with Gasteiger partial charge in [-0.2, -0.15) is 0 Å². The molecule has 3 heteroatoms. The number of ether oxygens (including phenoxy) is 1. The normalized spacial score (nSPS) is 11.9. The molecule has 20 heavy (non-hydrogen) atoms. The van der Waals surface area contributed by atoms with Crippen LogP contribution in [0.3, 0.4) is 0 Å². The molecule has 0 aliphatic rings. The van der Waals surface area contributed by atoms with Crippen molar-refractivity contribution in [3.8, 4) is 11.1 Å². The minimum absolute atomic E-state index is 0.188. The van der Waals surface area contributed by atoms with Gasteiger partial charge in [-0.3, -0.25) is 4.79 Å². The summed E-state index contributed by atoms with van der Waals surface area (Å²) in [6, 6.07) is 15.9. The van der Waals surface area contributed by atoms with E-state index in [0.29, 0.717) is 0 Å². The highest BCUT2D eigenvalue weighted by atomic mass is 16.5. The zero-order valence-electron chi connectivity index (χ0n) is 11.8. The number of carbonyl (C=O) groups is 1. The molecule has 0 radical (unpaired) electrons. The van der Waals surface area contributed by atoms with Gasteiger partial charge in [0.05, 0.1) is 13.5 Å². The standard InChI is InChI=1S/C17H19NO2/c1-12-6-3-4-9-15(12)13-7-5-8-14(10-13)16(18)11-17(19)20-2/h3-10,16H,11,18H2,1-2H3/t16-/m0/s1. The molecule has 2 aromatic rings. The third-order valence-electron chi connectivity index (χ3n) is 3.39. The predicted molar refractivity (Wildman–Crippen MR) is 80.2 cm³/mol. The van der Waals surface area contributed by atoms with Crippen molar-refractivity contribution in [3.63, 3.8) is 0 Å². The number of nitrogens with two attached hydrogens (primary N) is 1. The molecule has 0 bridgehead atoms. The van der Waals surface area contributed by atoms with Crippen molar-refractivity contribution < 1.29 is 9.53 Å². The summed E-state index contributed by atoms with van der Waals surface area (Å²) in [6.45, 7) is 2.08. The van der Waals surface area contributed by atoms with Crippen molar-refractivity contribution >= 4 is 5.97 Å². The van der Waals surface area contributed by atoms with Gasteiger partial charge < -0.3 is 10.5 Å². The van der Waals surface area contributed by atoms with E-state index in [4.69, 9.17) is 5.73 Å². The smallest absolute Gasteiger partial charge is 0.307 e. The Labute approximate surface area is 119 Å². The van der Waals surface area contributed by atoms with Crippen LogP contribution < -0.4 is 5.73 Å². The average molecular weight is 269 g/mol. The molecule has 0 fully saturated rings. The largest absolute Gasteiger partial charge is 0.469 e. The zero-order valence-corrected chi connectivity index (χ0v) is 11.8. The maximum atomic E-state index is 11.3. The fraction of sp³-hybridized carbons (Fsp3) is 0.235. The first kappa shape index (κ1) is 14.3. The summed E-state index contributed by atoms with van der Waals surface area (Å²) >= 11 is 0. The third-order valence-corrected chi connectivity index (χ3v) is 3.39. The van der Waals surface area contributed by atoms with Crippen molar-refractivity contribution in [1.29, 1.82) is 0 Å². The van der Waals surface area contributed by atoms with Crippen molar-refractivity contribution in [2.24, 2.45) is 5.73 Å².